The van der Waals surface area contributed by atoms with Crippen molar-refractivity contribution in [2.24, 2.45) is 9.50 Å². The molecule has 2 heterocycles. The summed E-state index contributed by atoms with van der Waals surface area (Å²) in [6, 6.07) is -0.751. The third kappa shape index (κ3) is 2.99. The van der Waals surface area contributed by atoms with Gasteiger partial charge in [-0.3, -0.25) is 0 Å². The Morgan fingerprint density at radius 1 is 1.30 bits per heavy atom. The monoisotopic (exact) mass is 434 g/mol. The molecule has 0 saturated heterocycles. The van der Waals surface area contributed by atoms with E-state index in [-0.39, 0.29) is 22.6 Å². The van der Waals surface area contributed by atoms with E-state index in [9.17, 15) is 13.4 Å². The van der Waals surface area contributed by atoms with E-state index >= 15 is 0 Å². The largest absolute Gasteiger partial charge is 0.475 e. The summed E-state index contributed by atoms with van der Waals surface area (Å²) in [5.41, 5.74) is 3.58. The number of hydrogen-bond donors (Lipinski definition) is 3. The van der Waals surface area contributed by atoms with Crippen molar-refractivity contribution < 1.29 is 18.1 Å². The highest BCUT2D eigenvalue weighted by atomic mass is 32.2. The van der Waals surface area contributed by atoms with Gasteiger partial charge in [0.25, 0.3) is 0 Å². The summed E-state index contributed by atoms with van der Waals surface area (Å²) in [5, 5.41) is 15.9. The van der Waals surface area contributed by atoms with Gasteiger partial charge in [-0.1, -0.05) is 0 Å². The molecule has 2 aromatic rings. The van der Waals surface area contributed by atoms with Gasteiger partial charge in [-0.15, -0.1) is 4.36 Å². The zero-order valence-electron chi connectivity index (χ0n) is 16.5. The molecule has 30 heavy (non-hydrogen) atoms. The van der Waals surface area contributed by atoms with Crippen molar-refractivity contribution in [1.82, 2.24) is 15.1 Å². The fourth-order valence-corrected chi connectivity index (χ4v) is 5.42. The number of likely N-dealkylation sites (N-methyl/N-ethyl adjacent to an activating group) is 1. The van der Waals surface area contributed by atoms with Crippen molar-refractivity contribution in [3.63, 3.8) is 0 Å². The Labute approximate surface area is 173 Å². The Morgan fingerprint density at radius 3 is 2.73 bits per heavy atom. The topological polar surface area (TPSA) is 124 Å². The van der Waals surface area contributed by atoms with Crippen LogP contribution >= 0.6 is 0 Å². The van der Waals surface area contributed by atoms with Crippen LogP contribution in [0.4, 0.5) is 14.9 Å². The van der Waals surface area contributed by atoms with E-state index in [1.807, 2.05) is 7.05 Å². The number of carbonyl (C=O) groups is 1. The predicted molar refractivity (Wildman–Crippen MR) is 108 cm³/mol. The van der Waals surface area contributed by atoms with Gasteiger partial charge < -0.3 is 15.4 Å². The minimum atomic E-state index is -3.57. The van der Waals surface area contributed by atoms with Crippen molar-refractivity contribution in [2.45, 2.75) is 49.6 Å². The number of carbonyl (C=O) groups excluding carboxylic acids is 1. The van der Waals surface area contributed by atoms with Crippen LogP contribution in [0.2, 0.25) is 0 Å². The summed E-state index contributed by atoms with van der Waals surface area (Å²) in [4.78, 5) is 12.7. The van der Waals surface area contributed by atoms with Gasteiger partial charge in [0, 0.05) is 5.69 Å². The van der Waals surface area contributed by atoms with Crippen molar-refractivity contribution in [3.05, 3.63) is 34.3 Å². The predicted octanol–water partition coefficient (Wildman–Crippen LogP) is 1.52. The number of benzene rings is 1. The third-order valence-electron chi connectivity index (χ3n) is 6.09. The number of nitrogens with zero attached hydrogens (tertiary/aromatic N) is 3. The summed E-state index contributed by atoms with van der Waals surface area (Å²) >= 11 is 0. The molecule has 3 aliphatic rings. The standard InChI is InChI=1S/C19H23FN6O3S/c1-22-10-8-26-18(29-9-10)15(7-23-26)30(21,28)25-19(27)24-17-13-4-2-3-11(13)16(20)12-5-6-14(12)17/h7,10,22H,2-6,8-9H2,1H3,(H3,21,24,25,27,28). The Bertz CT molecular complexity index is 1180. The lowest BCUT2D eigenvalue weighted by atomic mass is 9.83. The van der Waals surface area contributed by atoms with E-state index in [4.69, 9.17) is 9.88 Å². The summed E-state index contributed by atoms with van der Waals surface area (Å²) in [7, 11) is -1.75. The van der Waals surface area contributed by atoms with E-state index in [2.05, 4.69) is 20.1 Å². The molecule has 0 spiro atoms. The number of rotatable bonds is 3. The molecule has 2 unspecified atom stereocenters. The number of nitrogens with two attached hydrogens (primary N) is 1. The molecule has 4 N–H and O–H groups in total. The van der Waals surface area contributed by atoms with Crippen LogP contribution in [-0.4, -0.2) is 39.7 Å². The Kier molecular flexibility index (Phi) is 4.56. The van der Waals surface area contributed by atoms with E-state index in [1.165, 1.54) is 6.20 Å². The van der Waals surface area contributed by atoms with Gasteiger partial charge in [0.05, 0.1) is 18.8 Å². The molecule has 160 valence electrons. The molecule has 1 aromatic heterocycles. The van der Waals surface area contributed by atoms with Crippen LogP contribution in [0.3, 0.4) is 0 Å². The van der Waals surface area contributed by atoms with Gasteiger partial charge in [-0.05, 0) is 61.4 Å². The van der Waals surface area contributed by atoms with Crippen molar-refractivity contribution >= 4 is 21.6 Å². The second kappa shape index (κ2) is 7.03. The number of urea groups is 1. The molecule has 2 aliphatic carbocycles. The molecule has 11 heteroatoms. The van der Waals surface area contributed by atoms with Gasteiger partial charge in [0.15, 0.2) is 9.92 Å². The zero-order chi connectivity index (χ0) is 21.0. The molecule has 9 nitrogen and oxygen atoms in total. The van der Waals surface area contributed by atoms with Gasteiger partial charge in [-0.2, -0.15) is 5.10 Å². The molecule has 0 bridgehead atoms. The van der Waals surface area contributed by atoms with Crippen LogP contribution in [0.15, 0.2) is 15.5 Å². The van der Waals surface area contributed by atoms with Crippen molar-refractivity contribution in [1.29, 1.82) is 0 Å². The van der Waals surface area contributed by atoms with Gasteiger partial charge in [-0.25, -0.2) is 23.2 Å². The number of amides is 2. The second-order valence-corrected chi connectivity index (χ2v) is 9.60. The van der Waals surface area contributed by atoms with E-state index in [0.717, 1.165) is 17.5 Å². The highest BCUT2D eigenvalue weighted by Crippen LogP contribution is 2.42. The summed E-state index contributed by atoms with van der Waals surface area (Å²) in [6.45, 7) is 0.895. The molecule has 1 aromatic carbocycles. The molecule has 0 radical (unpaired) electrons. The number of hydrogen-bond acceptors (Lipinski definition) is 5. The average molecular weight is 434 g/mol. The fourth-order valence-electron chi connectivity index (χ4n) is 4.42. The maximum atomic E-state index is 14.6. The van der Waals surface area contributed by atoms with E-state index in [1.54, 1.807) is 4.68 Å². The number of halogens is 1. The van der Waals surface area contributed by atoms with Gasteiger partial charge >= 0.3 is 6.03 Å². The van der Waals surface area contributed by atoms with Crippen LogP contribution in [0.25, 0.3) is 0 Å². The maximum Gasteiger partial charge on any atom is 0.354 e. The molecular formula is C19H23FN6O3S. The molecule has 0 saturated carbocycles. The van der Waals surface area contributed by atoms with Gasteiger partial charge in [0.1, 0.15) is 17.3 Å². The summed E-state index contributed by atoms with van der Waals surface area (Å²) in [6.07, 6.45) is 4.89. The molecular weight excluding hydrogens is 411 g/mol. The minimum absolute atomic E-state index is 0.0676. The van der Waals surface area contributed by atoms with Crippen LogP contribution in [-0.2, 0) is 42.1 Å². The first-order valence-electron chi connectivity index (χ1n) is 9.95. The number of anilines is 1. The fraction of sp³-hybridized carbons (Fsp3) is 0.474. The van der Waals surface area contributed by atoms with Crippen LogP contribution in [0, 0.1) is 5.82 Å². The van der Waals surface area contributed by atoms with Crippen LogP contribution in [0.5, 0.6) is 5.88 Å². The smallest absolute Gasteiger partial charge is 0.354 e. The highest BCUT2D eigenvalue weighted by molar-refractivity contribution is 7.91. The molecule has 2 amide bonds. The lowest BCUT2D eigenvalue weighted by molar-refractivity contribution is 0.184. The second-order valence-electron chi connectivity index (χ2n) is 7.84. The highest BCUT2D eigenvalue weighted by Gasteiger charge is 2.32. The van der Waals surface area contributed by atoms with Crippen LogP contribution < -0.4 is 20.5 Å². The minimum Gasteiger partial charge on any atom is -0.475 e. The average Bonchev–Trinajstić information content (AvgIpc) is 3.32. The van der Waals surface area contributed by atoms with E-state index < -0.39 is 15.9 Å². The number of ether oxygens (including phenoxy) is 1. The summed E-state index contributed by atoms with van der Waals surface area (Å²) < 4.78 is 38.6. The normalized spacial score (nSPS) is 20.8. The molecule has 1 aliphatic heterocycles. The van der Waals surface area contributed by atoms with E-state index in [0.29, 0.717) is 55.6 Å². The number of aromatic nitrogens is 2. The maximum absolute atomic E-state index is 14.6. The summed E-state index contributed by atoms with van der Waals surface area (Å²) in [5.74, 6) is 0.127. The van der Waals surface area contributed by atoms with Gasteiger partial charge in [0.2, 0.25) is 5.88 Å². The first kappa shape index (κ1) is 19.5. The van der Waals surface area contributed by atoms with Crippen molar-refractivity contribution in [2.75, 3.05) is 19.0 Å². The Balaban J connectivity index is 1.45. The first-order chi connectivity index (χ1) is 14.4. The Morgan fingerprint density at radius 2 is 2.00 bits per heavy atom. The number of fused-ring (bicyclic) bond motifs is 3. The lowest BCUT2D eigenvalue weighted by Gasteiger charge is -2.26. The third-order valence-corrected chi connectivity index (χ3v) is 7.44. The van der Waals surface area contributed by atoms with Crippen molar-refractivity contribution in [3.8, 4) is 5.88 Å². The van der Waals surface area contributed by atoms with Crippen LogP contribution in [0.1, 0.15) is 28.7 Å². The number of nitrogens with one attached hydrogen (secondary N) is 2. The quantitative estimate of drug-likeness (QED) is 0.676. The zero-order valence-corrected chi connectivity index (χ0v) is 17.4. The molecule has 2 atom stereocenters. The lowest BCUT2D eigenvalue weighted by Crippen LogP contribution is -2.40. The Hall–Kier alpha value is -2.50. The SMILES string of the molecule is CNC1COc2c(S(N)(=O)=NC(=O)Nc3c4c(c(F)c5c3CC5)CCC4)cnn2C1. The molecule has 5 rings (SSSR count). The first-order valence-corrected chi connectivity index (χ1v) is 11.5. The molecule has 0 fully saturated rings.